The van der Waals surface area contributed by atoms with Crippen LogP contribution < -0.4 is 4.74 Å². The summed E-state index contributed by atoms with van der Waals surface area (Å²) < 4.78 is 44.9. The van der Waals surface area contributed by atoms with Crippen LogP contribution in [0.15, 0.2) is 70.7 Å². The van der Waals surface area contributed by atoms with Gasteiger partial charge in [0.15, 0.2) is 23.0 Å². The molecule has 0 aliphatic carbocycles. The first-order valence-corrected chi connectivity index (χ1v) is 10.9. The fraction of sp³-hybridized carbons (Fsp3) is 0.136. The van der Waals surface area contributed by atoms with Crippen molar-refractivity contribution in [3.8, 4) is 5.75 Å². The number of nitrogens with zero attached hydrogens (tertiary/aromatic N) is 2. The zero-order chi connectivity index (χ0) is 22.0. The molecule has 0 aliphatic heterocycles. The topological polar surface area (TPSA) is 102 Å². The minimum Gasteiger partial charge on any atom is -0.494 e. The van der Waals surface area contributed by atoms with Gasteiger partial charge in [0, 0.05) is 23.6 Å². The Balaban J connectivity index is 1.48. The number of carbonyl (C=O) groups is 1. The number of fused-ring (bicyclic) bond motifs is 1. The van der Waals surface area contributed by atoms with Crippen LogP contribution in [0, 0.1) is 5.82 Å². The number of methoxy groups -OCH3 is 1. The summed E-state index contributed by atoms with van der Waals surface area (Å²) in [4.78, 5) is 16.1. The van der Waals surface area contributed by atoms with E-state index in [2.05, 4.69) is 15.2 Å². The van der Waals surface area contributed by atoms with Gasteiger partial charge in [0.05, 0.1) is 18.2 Å². The smallest absolute Gasteiger partial charge is 0.209 e. The first kappa shape index (κ1) is 20.7. The Morgan fingerprint density at radius 2 is 1.90 bits per heavy atom. The predicted octanol–water partition coefficient (Wildman–Crippen LogP) is 3.75. The highest BCUT2D eigenvalue weighted by molar-refractivity contribution is 7.91. The third-order valence-electron chi connectivity index (χ3n) is 4.92. The van der Waals surface area contributed by atoms with E-state index in [1.807, 2.05) is 0 Å². The van der Waals surface area contributed by atoms with Gasteiger partial charge in [-0.05, 0) is 42.3 Å². The number of hydrogen-bond acceptors (Lipinski definition) is 6. The number of hydrogen-bond donors (Lipinski definition) is 1. The number of aryl methyl sites for hydroxylation is 1. The van der Waals surface area contributed by atoms with Gasteiger partial charge in [0.1, 0.15) is 4.90 Å². The normalized spacial score (nSPS) is 11.5. The van der Waals surface area contributed by atoms with Crippen LogP contribution in [0.25, 0.3) is 11.0 Å². The molecular formula is C22H18FN3O4S. The first-order chi connectivity index (χ1) is 14.9. The van der Waals surface area contributed by atoms with Gasteiger partial charge in [-0.2, -0.15) is 5.10 Å². The molecule has 0 amide bonds. The van der Waals surface area contributed by atoms with E-state index < -0.39 is 20.5 Å². The van der Waals surface area contributed by atoms with Gasteiger partial charge in [-0.25, -0.2) is 17.8 Å². The number of ether oxygens (including phenoxy) is 1. The molecule has 158 valence electrons. The maximum Gasteiger partial charge on any atom is 0.209 e. The Labute approximate surface area is 177 Å². The van der Waals surface area contributed by atoms with Crippen molar-refractivity contribution in [2.75, 3.05) is 7.11 Å². The van der Waals surface area contributed by atoms with Crippen molar-refractivity contribution in [2.24, 2.45) is 0 Å². The lowest BCUT2D eigenvalue weighted by Crippen LogP contribution is -2.06. The zero-order valence-corrected chi connectivity index (χ0v) is 17.3. The van der Waals surface area contributed by atoms with Crippen LogP contribution in [-0.2, 0) is 16.3 Å². The maximum absolute atomic E-state index is 14.4. The number of H-pyrrole nitrogens is 1. The highest BCUT2D eigenvalue weighted by Gasteiger charge is 2.24. The van der Waals surface area contributed by atoms with Gasteiger partial charge < -0.3 is 4.74 Å². The molecule has 0 radical (unpaired) electrons. The highest BCUT2D eigenvalue weighted by Crippen LogP contribution is 2.29. The Kier molecular flexibility index (Phi) is 5.51. The summed E-state index contributed by atoms with van der Waals surface area (Å²) in [5.74, 6) is -1.15. The van der Waals surface area contributed by atoms with Crippen LogP contribution in [0.3, 0.4) is 0 Å². The van der Waals surface area contributed by atoms with Crippen molar-refractivity contribution >= 4 is 26.7 Å². The van der Waals surface area contributed by atoms with Crippen LogP contribution in [-0.4, -0.2) is 36.5 Å². The number of rotatable bonds is 7. The minimum absolute atomic E-state index is 0.0376. The maximum atomic E-state index is 14.4. The highest BCUT2D eigenvalue weighted by atomic mass is 32.2. The zero-order valence-electron chi connectivity index (χ0n) is 16.5. The molecule has 0 saturated heterocycles. The fourth-order valence-electron chi connectivity index (χ4n) is 3.21. The van der Waals surface area contributed by atoms with E-state index in [0.717, 1.165) is 10.9 Å². The van der Waals surface area contributed by atoms with Crippen molar-refractivity contribution in [2.45, 2.75) is 22.6 Å². The van der Waals surface area contributed by atoms with E-state index >= 15 is 0 Å². The molecule has 1 N–H and O–H groups in total. The molecule has 0 spiro atoms. The van der Waals surface area contributed by atoms with Crippen molar-refractivity contribution in [1.29, 1.82) is 0 Å². The average Bonchev–Trinajstić information content (AvgIpc) is 3.25. The van der Waals surface area contributed by atoms with Gasteiger partial charge in [0.2, 0.25) is 9.84 Å². The quantitative estimate of drug-likeness (QED) is 0.440. The van der Waals surface area contributed by atoms with Crippen LogP contribution in [0.1, 0.15) is 22.3 Å². The summed E-state index contributed by atoms with van der Waals surface area (Å²) in [6.45, 7) is 0. The standard InChI is InChI=1S/C22H18FN3O4S/c1-30-19-3-2-4-20(21(19)23)31(28,29)17-8-5-14(6-9-17)7-10-18(27)15-11-16-13-25-26-22(16)24-12-15/h2-6,8-9,11-13H,7,10H2,1H3,(H,24,25,26). The number of nitrogens with one attached hydrogen (secondary N) is 1. The van der Waals surface area contributed by atoms with E-state index in [1.165, 1.54) is 43.6 Å². The lowest BCUT2D eigenvalue weighted by molar-refractivity contribution is 0.0982. The molecule has 0 unspecified atom stereocenters. The summed E-state index contributed by atoms with van der Waals surface area (Å²) in [5, 5.41) is 7.37. The van der Waals surface area contributed by atoms with Crippen LogP contribution in [0.2, 0.25) is 0 Å². The largest absolute Gasteiger partial charge is 0.494 e. The summed E-state index contributed by atoms with van der Waals surface area (Å²) in [7, 11) is -2.78. The van der Waals surface area contributed by atoms with Crippen molar-refractivity contribution in [1.82, 2.24) is 15.2 Å². The second kappa shape index (κ2) is 8.27. The molecule has 31 heavy (non-hydrogen) atoms. The van der Waals surface area contributed by atoms with Crippen LogP contribution >= 0.6 is 0 Å². The number of halogens is 1. The average molecular weight is 439 g/mol. The van der Waals surface area contributed by atoms with Crippen LogP contribution in [0.5, 0.6) is 5.75 Å². The molecule has 0 aliphatic rings. The minimum atomic E-state index is -4.05. The molecule has 2 aromatic carbocycles. The van der Waals surface area contributed by atoms with Gasteiger partial charge in [-0.1, -0.05) is 18.2 Å². The molecule has 0 bridgehead atoms. The summed E-state index contributed by atoms with van der Waals surface area (Å²) in [6.07, 6.45) is 3.77. The van der Waals surface area contributed by atoms with E-state index in [4.69, 9.17) is 4.74 Å². The third kappa shape index (κ3) is 4.04. The third-order valence-corrected chi connectivity index (χ3v) is 6.71. The summed E-state index contributed by atoms with van der Waals surface area (Å²) >= 11 is 0. The second-order valence-electron chi connectivity index (χ2n) is 6.87. The lowest BCUT2D eigenvalue weighted by atomic mass is 10.0. The molecule has 9 heteroatoms. The molecule has 0 fully saturated rings. The van der Waals surface area contributed by atoms with Crippen LogP contribution in [0.4, 0.5) is 4.39 Å². The Morgan fingerprint density at radius 3 is 2.65 bits per heavy atom. The summed E-state index contributed by atoms with van der Waals surface area (Å²) in [6, 6.07) is 11.8. The predicted molar refractivity (Wildman–Crippen MR) is 111 cm³/mol. The number of Topliss-reactive ketones (excluding diaryl/α,β-unsaturated/α-hetero) is 1. The second-order valence-corrected chi connectivity index (χ2v) is 8.79. The lowest BCUT2D eigenvalue weighted by Gasteiger charge is -2.09. The van der Waals surface area contributed by atoms with Gasteiger partial charge >= 0.3 is 0 Å². The summed E-state index contributed by atoms with van der Waals surface area (Å²) in [5.41, 5.74) is 1.89. The number of pyridine rings is 1. The number of ketones is 1. The molecule has 4 aromatic rings. The number of aromatic nitrogens is 3. The number of benzene rings is 2. The van der Waals surface area contributed by atoms with Crippen molar-refractivity contribution in [3.63, 3.8) is 0 Å². The fourth-order valence-corrected chi connectivity index (χ4v) is 4.55. The van der Waals surface area contributed by atoms with E-state index in [0.29, 0.717) is 17.6 Å². The number of sulfone groups is 1. The first-order valence-electron chi connectivity index (χ1n) is 9.39. The SMILES string of the molecule is COc1cccc(S(=O)(=O)c2ccc(CCC(=O)c3cnc4[nH]ncc4c3)cc2)c1F. The molecule has 2 aromatic heterocycles. The monoisotopic (exact) mass is 439 g/mol. The molecule has 0 saturated carbocycles. The molecule has 2 heterocycles. The Bertz CT molecular complexity index is 1370. The van der Waals surface area contributed by atoms with Crippen molar-refractivity contribution < 1.29 is 22.3 Å². The Hall–Kier alpha value is -3.59. The number of aromatic amines is 1. The number of carbonyl (C=O) groups excluding carboxylic acids is 1. The van der Waals surface area contributed by atoms with Gasteiger partial charge in [-0.15, -0.1) is 0 Å². The molecule has 4 rings (SSSR count). The van der Waals surface area contributed by atoms with Crippen molar-refractivity contribution in [3.05, 3.63) is 77.9 Å². The van der Waals surface area contributed by atoms with Gasteiger partial charge in [-0.3, -0.25) is 9.89 Å². The van der Waals surface area contributed by atoms with E-state index in [1.54, 1.807) is 24.4 Å². The van der Waals surface area contributed by atoms with E-state index in [9.17, 15) is 17.6 Å². The molecule has 0 atom stereocenters. The van der Waals surface area contributed by atoms with E-state index in [-0.39, 0.29) is 22.8 Å². The van der Waals surface area contributed by atoms with Gasteiger partial charge in [0.25, 0.3) is 0 Å². The Morgan fingerprint density at radius 1 is 1.13 bits per heavy atom. The molecular weight excluding hydrogens is 421 g/mol. The molecule has 7 nitrogen and oxygen atoms in total.